The molecule has 5 amide bonds. The van der Waals surface area contributed by atoms with Crippen LogP contribution in [-0.2, 0) is 42.0 Å². The van der Waals surface area contributed by atoms with Crippen molar-refractivity contribution in [2.75, 3.05) is 26.7 Å². The fourth-order valence-corrected chi connectivity index (χ4v) is 11.0. The van der Waals surface area contributed by atoms with Gasteiger partial charge in [0.1, 0.15) is 16.3 Å². The third-order valence-corrected chi connectivity index (χ3v) is 15.5. The van der Waals surface area contributed by atoms with Gasteiger partial charge in [-0.25, -0.2) is 13.2 Å². The molecule has 1 aliphatic heterocycles. The molecule has 6 rings (SSSR count). The maximum atomic E-state index is 14.9. The Bertz CT molecular complexity index is 1930. The molecule has 3 aliphatic carbocycles. The number of Topliss-reactive ketones (excluding diaryl/α,β-unsaturated/α-hetero) is 1. The maximum Gasteiger partial charge on any atom is 0.315 e. The number of urea groups is 1. The van der Waals surface area contributed by atoms with Gasteiger partial charge in [-0.1, -0.05) is 83.9 Å². The van der Waals surface area contributed by atoms with E-state index in [0.29, 0.717) is 25.8 Å². The fourth-order valence-electron chi connectivity index (χ4n) is 8.58. The van der Waals surface area contributed by atoms with Crippen LogP contribution in [0.2, 0.25) is 0 Å². The van der Waals surface area contributed by atoms with E-state index in [9.17, 15) is 32.4 Å². The molecule has 2 saturated carbocycles. The van der Waals surface area contributed by atoms with Gasteiger partial charge in [-0.15, -0.1) is 17.9 Å². The lowest BCUT2D eigenvalue weighted by Crippen LogP contribution is -2.61. The number of hydrogen-bond donors (Lipinski definition) is 4. The lowest BCUT2D eigenvalue weighted by Gasteiger charge is -2.37. The van der Waals surface area contributed by atoms with E-state index in [-0.39, 0.29) is 52.3 Å². The molecule has 2 heterocycles. The van der Waals surface area contributed by atoms with Crippen molar-refractivity contribution >= 4 is 50.9 Å². The van der Waals surface area contributed by atoms with E-state index in [0.717, 1.165) is 35.3 Å². The van der Waals surface area contributed by atoms with Gasteiger partial charge < -0.3 is 26.2 Å². The van der Waals surface area contributed by atoms with Crippen molar-refractivity contribution in [3.63, 3.8) is 0 Å². The Hall–Kier alpha value is -4.08. The summed E-state index contributed by atoms with van der Waals surface area (Å²) in [6.07, 6.45) is 4.72. The van der Waals surface area contributed by atoms with Crippen molar-refractivity contribution < 1.29 is 32.4 Å². The first-order valence-electron chi connectivity index (χ1n) is 19.5. The number of piperidine rings is 1. The van der Waals surface area contributed by atoms with Gasteiger partial charge in [0.25, 0.3) is 15.9 Å². The second kappa shape index (κ2) is 16.0. The SMILES string of the molecule is C=CCNC(=O)C(=O)C(CC1CC1)NC(=O)[C@@H]1[C@@H]2[C@H](CN1C(=O)[C@@H](NC(=O)N[C@H](CN(C)S(=O)(=O)c1cccs1)C(C)(C)C)C1Cc3ccccc3C1)C2(C)C. The highest BCUT2D eigenvalue weighted by atomic mass is 32.2. The molecular weight excluding hydrogens is 753 g/mol. The van der Waals surface area contributed by atoms with Crippen molar-refractivity contribution in [2.45, 2.75) is 95.1 Å². The zero-order valence-corrected chi connectivity index (χ0v) is 34.8. The molecule has 1 aromatic heterocycles. The van der Waals surface area contributed by atoms with Crippen molar-refractivity contribution in [3.05, 3.63) is 65.6 Å². The lowest BCUT2D eigenvalue weighted by molar-refractivity contribution is -0.144. The summed E-state index contributed by atoms with van der Waals surface area (Å²) in [6.45, 7) is 13.9. The van der Waals surface area contributed by atoms with Gasteiger partial charge >= 0.3 is 6.03 Å². The first-order chi connectivity index (χ1) is 26.3. The average molecular weight is 809 g/mol. The van der Waals surface area contributed by atoms with E-state index in [4.69, 9.17) is 0 Å². The molecule has 56 heavy (non-hydrogen) atoms. The van der Waals surface area contributed by atoms with Crippen LogP contribution in [0.3, 0.4) is 0 Å². The number of hydrogen-bond acceptors (Lipinski definition) is 8. The number of likely N-dealkylation sites (tertiary alicyclic amines) is 1. The summed E-state index contributed by atoms with van der Waals surface area (Å²) < 4.78 is 28.1. The van der Waals surface area contributed by atoms with Crippen LogP contribution in [0.4, 0.5) is 4.79 Å². The van der Waals surface area contributed by atoms with E-state index in [1.165, 1.54) is 17.4 Å². The van der Waals surface area contributed by atoms with Crippen LogP contribution in [0.1, 0.15) is 65.0 Å². The van der Waals surface area contributed by atoms with Gasteiger partial charge in [0.15, 0.2) is 0 Å². The van der Waals surface area contributed by atoms with Crippen molar-refractivity contribution in [1.29, 1.82) is 0 Å². The quantitative estimate of drug-likeness (QED) is 0.148. The van der Waals surface area contributed by atoms with Crippen LogP contribution in [0.5, 0.6) is 0 Å². The summed E-state index contributed by atoms with van der Waals surface area (Å²) in [7, 11) is -2.31. The Kier molecular flexibility index (Phi) is 11.9. The number of rotatable bonds is 16. The standard InChI is InChI=1S/C41H56N6O7S2/c1-8-17-42-37(50)35(48)29(19-24-15-16-24)43-36(49)34-32-28(41(32,5)6)22-47(34)38(51)33(27-20-25-12-9-10-13-26(25)21-27)45-39(52)44-30(40(2,3)4)23-46(7)56(53,54)31-14-11-18-55-31/h8-14,18,24,27-30,32-34H,1,15-17,19-23H2,2-7H3,(H,42,50)(H,43,49)(H2,44,45,52)/t28-,29?,30+,32-,33-,34-/m0/s1. The zero-order valence-electron chi connectivity index (χ0n) is 33.2. The van der Waals surface area contributed by atoms with E-state index < -0.39 is 63.2 Å². The number of thiophene rings is 1. The molecule has 1 aromatic carbocycles. The summed E-state index contributed by atoms with van der Waals surface area (Å²) in [6, 6.07) is 6.94. The fraction of sp³-hybridized carbons (Fsp3) is 0.585. The Morgan fingerprint density at radius 3 is 2.25 bits per heavy atom. The number of likely N-dealkylation sites (N-methyl/N-ethyl adjacent to an activating group) is 1. The Labute approximate surface area is 334 Å². The smallest absolute Gasteiger partial charge is 0.315 e. The van der Waals surface area contributed by atoms with E-state index in [1.54, 1.807) is 22.4 Å². The number of ketones is 1. The summed E-state index contributed by atoms with van der Waals surface area (Å²) in [5.41, 5.74) is 1.37. The third-order valence-electron chi connectivity index (χ3n) is 12.3. The minimum atomic E-state index is -3.80. The van der Waals surface area contributed by atoms with E-state index >= 15 is 0 Å². The predicted molar refractivity (Wildman–Crippen MR) is 214 cm³/mol. The highest BCUT2D eigenvalue weighted by Crippen LogP contribution is 2.65. The number of fused-ring (bicyclic) bond motifs is 2. The first-order valence-corrected chi connectivity index (χ1v) is 21.8. The highest BCUT2D eigenvalue weighted by molar-refractivity contribution is 7.91. The molecule has 13 nitrogen and oxygen atoms in total. The summed E-state index contributed by atoms with van der Waals surface area (Å²) in [5, 5.41) is 13.1. The largest absolute Gasteiger partial charge is 0.346 e. The van der Waals surface area contributed by atoms with Gasteiger partial charge in [0.2, 0.25) is 17.6 Å². The van der Waals surface area contributed by atoms with Crippen LogP contribution in [0.25, 0.3) is 0 Å². The van der Waals surface area contributed by atoms with Gasteiger partial charge in [0.05, 0.1) is 6.04 Å². The minimum Gasteiger partial charge on any atom is -0.346 e. The Morgan fingerprint density at radius 2 is 1.68 bits per heavy atom. The number of nitrogens with one attached hydrogen (secondary N) is 4. The van der Waals surface area contributed by atoms with Crippen LogP contribution < -0.4 is 21.3 Å². The van der Waals surface area contributed by atoms with Gasteiger partial charge in [-0.2, -0.15) is 4.31 Å². The van der Waals surface area contributed by atoms with Gasteiger partial charge in [-0.3, -0.25) is 19.2 Å². The molecule has 4 N–H and O–H groups in total. The molecule has 15 heteroatoms. The second-order valence-electron chi connectivity index (χ2n) is 17.7. The predicted octanol–water partition coefficient (Wildman–Crippen LogP) is 3.51. The van der Waals surface area contributed by atoms with Crippen LogP contribution in [-0.4, -0.2) is 98.0 Å². The highest BCUT2D eigenvalue weighted by Gasteiger charge is 2.70. The second-order valence-corrected chi connectivity index (χ2v) is 20.9. The molecular formula is C41H56N6O7S2. The summed E-state index contributed by atoms with van der Waals surface area (Å²) in [5.74, 6) is -2.60. The maximum absolute atomic E-state index is 14.9. The normalized spacial score (nSPS) is 23.0. The van der Waals surface area contributed by atoms with E-state index in [2.05, 4.69) is 41.7 Å². The summed E-state index contributed by atoms with van der Waals surface area (Å²) >= 11 is 1.12. The lowest BCUT2D eigenvalue weighted by atomic mass is 9.86. The minimum absolute atomic E-state index is 0.0101. The number of benzene rings is 1. The molecule has 4 aliphatic rings. The number of carbonyl (C=O) groups is 5. The molecule has 0 spiro atoms. The number of nitrogens with zero attached hydrogens (tertiary/aromatic N) is 2. The number of carbonyl (C=O) groups excluding carboxylic acids is 5. The molecule has 0 bridgehead atoms. The van der Waals surface area contributed by atoms with Crippen molar-refractivity contribution in [3.8, 4) is 0 Å². The molecule has 6 atom stereocenters. The molecule has 304 valence electrons. The molecule has 3 fully saturated rings. The van der Waals surface area contributed by atoms with Crippen LogP contribution in [0, 0.1) is 34.5 Å². The van der Waals surface area contributed by atoms with Crippen molar-refractivity contribution in [2.24, 2.45) is 34.5 Å². The molecule has 1 unspecified atom stereocenters. The number of sulfonamides is 1. The topological polar surface area (TPSA) is 174 Å². The molecule has 2 aromatic rings. The monoisotopic (exact) mass is 808 g/mol. The number of amides is 5. The zero-order chi connectivity index (χ0) is 40.7. The molecule has 0 radical (unpaired) electrons. The molecule has 1 saturated heterocycles. The van der Waals surface area contributed by atoms with Crippen molar-refractivity contribution in [1.82, 2.24) is 30.5 Å². The Morgan fingerprint density at radius 1 is 1.02 bits per heavy atom. The van der Waals surface area contributed by atoms with E-state index in [1.807, 2.05) is 45.0 Å². The Balaban J connectivity index is 1.24. The van der Waals surface area contributed by atoms with Crippen LogP contribution >= 0.6 is 11.3 Å². The summed E-state index contributed by atoms with van der Waals surface area (Å²) in [4.78, 5) is 71.0. The first kappa shape index (κ1) is 41.6. The third kappa shape index (κ3) is 8.74. The van der Waals surface area contributed by atoms with Crippen LogP contribution in [0.15, 0.2) is 58.6 Å². The average Bonchev–Trinajstić information content (AvgIpc) is 3.70. The van der Waals surface area contributed by atoms with Gasteiger partial charge in [0, 0.05) is 32.7 Å². The van der Waals surface area contributed by atoms with Gasteiger partial charge in [-0.05, 0) is 76.3 Å².